The van der Waals surface area contributed by atoms with E-state index in [1.54, 1.807) is 30.3 Å². The van der Waals surface area contributed by atoms with Crippen LogP contribution in [0.3, 0.4) is 0 Å². The minimum atomic E-state index is -0.944. The normalized spacial score (nSPS) is 18.5. The van der Waals surface area contributed by atoms with Gasteiger partial charge in [0.25, 0.3) is 0 Å². The first kappa shape index (κ1) is 22.7. The highest BCUT2D eigenvalue weighted by molar-refractivity contribution is 5.87. The Morgan fingerprint density at radius 2 is 2.03 bits per heavy atom. The van der Waals surface area contributed by atoms with Gasteiger partial charge in [-0.1, -0.05) is 38.1 Å². The largest absolute Gasteiger partial charge is 0.478 e. The van der Waals surface area contributed by atoms with E-state index in [2.05, 4.69) is 18.8 Å². The topological polar surface area (TPSA) is 77.8 Å². The minimum absolute atomic E-state index is 0.00572. The van der Waals surface area contributed by atoms with Crippen molar-refractivity contribution in [1.29, 1.82) is 0 Å². The van der Waals surface area contributed by atoms with E-state index >= 15 is 0 Å². The molecule has 3 unspecified atom stereocenters. The number of aliphatic hydroxyl groups excluding tert-OH is 1. The Hall–Kier alpha value is -2.58. The number of carboxylic acids is 1. The van der Waals surface area contributed by atoms with Gasteiger partial charge in [-0.25, -0.2) is 4.79 Å². The molecule has 0 aromatic heterocycles. The number of rotatable bonds is 9. The summed E-state index contributed by atoms with van der Waals surface area (Å²) < 4.78 is 0. The zero-order chi connectivity index (χ0) is 21.2. The summed E-state index contributed by atoms with van der Waals surface area (Å²) in [6, 6.07) is 6.75. The van der Waals surface area contributed by atoms with E-state index in [4.69, 9.17) is 5.11 Å². The van der Waals surface area contributed by atoms with Gasteiger partial charge in [-0.15, -0.1) is 11.8 Å². The van der Waals surface area contributed by atoms with E-state index in [9.17, 15) is 14.7 Å². The molecule has 3 atom stereocenters. The summed E-state index contributed by atoms with van der Waals surface area (Å²) in [7, 11) is 0. The molecule has 1 saturated heterocycles. The van der Waals surface area contributed by atoms with Crippen LogP contribution in [0, 0.1) is 17.8 Å². The molecule has 2 N–H and O–H groups in total. The van der Waals surface area contributed by atoms with Crippen LogP contribution in [0.4, 0.5) is 0 Å². The van der Waals surface area contributed by atoms with E-state index in [0.717, 1.165) is 24.8 Å². The Morgan fingerprint density at radius 3 is 2.69 bits per heavy atom. The maximum absolute atomic E-state index is 12.3. The van der Waals surface area contributed by atoms with Crippen molar-refractivity contribution >= 4 is 11.9 Å². The van der Waals surface area contributed by atoms with Gasteiger partial charge < -0.3 is 15.1 Å². The summed E-state index contributed by atoms with van der Waals surface area (Å²) in [6.07, 6.45) is 7.69. The second-order valence-electron chi connectivity index (χ2n) is 7.61. The number of unbranched alkanes of at least 4 members (excludes halogenated alkanes) is 1. The highest BCUT2D eigenvalue weighted by Gasteiger charge is 2.28. The van der Waals surface area contributed by atoms with Crippen molar-refractivity contribution in [3.05, 3.63) is 47.5 Å². The predicted octanol–water partition coefficient (Wildman–Crippen LogP) is 3.67. The molecule has 156 valence electrons. The van der Waals surface area contributed by atoms with Crippen LogP contribution in [0.2, 0.25) is 0 Å². The number of aromatic carboxylic acids is 1. The minimum Gasteiger partial charge on any atom is -0.478 e. The molecule has 0 aliphatic carbocycles. The van der Waals surface area contributed by atoms with Gasteiger partial charge >= 0.3 is 5.97 Å². The van der Waals surface area contributed by atoms with Crippen molar-refractivity contribution in [2.24, 2.45) is 5.92 Å². The molecule has 2 rings (SSSR count). The Bertz CT molecular complexity index is 772. The monoisotopic (exact) mass is 397 g/mol. The van der Waals surface area contributed by atoms with Crippen LogP contribution in [-0.2, 0) is 11.2 Å². The molecule has 1 aliphatic heterocycles. The van der Waals surface area contributed by atoms with Gasteiger partial charge in [0.2, 0.25) is 5.91 Å². The number of nitrogens with zero attached hydrogens (tertiary/aromatic N) is 1. The van der Waals surface area contributed by atoms with Crippen molar-refractivity contribution < 1.29 is 19.8 Å². The molecule has 1 aliphatic rings. The van der Waals surface area contributed by atoms with Gasteiger partial charge in [-0.05, 0) is 42.9 Å². The molecule has 0 bridgehead atoms. The van der Waals surface area contributed by atoms with Crippen LogP contribution in [0.15, 0.2) is 36.4 Å². The predicted molar refractivity (Wildman–Crippen MR) is 113 cm³/mol. The van der Waals surface area contributed by atoms with Crippen LogP contribution in [0.25, 0.3) is 0 Å². The Balaban J connectivity index is 1.89. The van der Waals surface area contributed by atoms with E-state index in [1.165, 1.54) is 0 Å². The van der Waals surface area contributed by atoms with Gasteiger partial charge in [0, 0.05) is 25.8 Å². The number of carbonyl (C=O) groups is 2. The fraction of sp³-hybridized carbons (Fsp3) is 0.500. The second kappa shape index (κ2) is 11.4. The molecule has 5 heteroatoms. The number of amides is 1. The smallest absolute Gasteiger partial charge is 0.335 e. The number of hydrogen-bond donors (Lipinski definition) is 2. The van der Waals surface area contributed by atoms with E-state index < -0.39 is 12.1 Å². The first-order chi connectivity index (χ1) is 13.9. The molecule has 0 saturated carbocycles. The zero-order valence-corrected chi connectivity index (χ0v) is 17.3. The summed E-state index contributed by atoms with van der Waals surface area (Å²) in [6.45, 7) is 4.65. The lowest BCUT2D eigenvalue weighted by Gasteiger charge is -2.23. The molecule has 1 fully saturated rings. The average molecular weight is 398 g/mol. The highest BCUT2D eigenvalue weighted by atomic mass is 16.4. The molecule has 0 spiro atoms. The first-order valence-corrected chi connectivity index (χ1v) is 10.4. The summed E-state index contributed by atoms with van der Waals surface area (Å²) in [4.78, 5) is 25.1. The Labute approximate surface area is 173 Å². The van der Waals surface area contributed by atoms with E-state index in [-0.39, 0.29) is 23.4 Å². The molecule has 5 nitrogen and oxygen atoms in total. The van der Waals surface area contributed by atoms with E-state index in [1.807, 2.05) is 17.9 Å². The summed E-state index contributed by atoms with van der Waals surface area (Å²) >= 11 is 0. The van der Waals surface area contributed by atoms with E-state index in [0.29, 0.717) is 25.8 Å². The molecular formula is C24H31NO4. The summed E-state index contributed by atoms with van der Waals surface area (Å²) in [5.74, 6) is 5.44. The third-order valence-corrected chi connectivity index (χ3v) is 5.25. The van der Waals surface area contributed by atoms with Crippen molar-refractivity contribution in [3.63, 3.8) is 0 Å². The van der Waals surface area contributed by atoms with Crippen molar-refractivity contribution in [2.45, 2.75) is 64.5 Å². The highest BCUT2D eigenvalue weighted by Crippen LogP contribution is 2.21. The van der Waals surface area contributed by atoms with Gasteiger partial charge in [0.05, 0.1) is 17.7 Å². The maximum Gasteiger partial charge on any atom is 0.335 e. The number of aliphatic hydroxyl groups is 1. The quantitative estimate of drug-likeness (QED) is 0.492. The summed E-state index contributed by atoms with van der Waals surface area (Å²) in [5.41, 5.74) is 1.26. The van der Waals surface area contributed by atoms with Crippen molar-refractivity contribution in [3.8, 4) is 11.8 Å². The van der Waals surface area contributed by atoms with Crippen LogP contribution in [0.1, 0.15) is 61.9 Å². The van der Waals surface area contributed by atoms with Crippen molar-refractivity contribution in [2.75, 3.05) is 6.54 Å². The third kappa shape index (κ3) is 7.07. The number of likely N-dealkylation sites (tertiary alicyclic amines) is 1. The molecule has 1 amide bonds. The lowest BCUT2D eigenvalue weighted by atomic mass is 9.99. The maximum atomic E-state index is 12.3. The number of carboxylic acid groups (broad SMARTS) is 1. The summed E-state index contributed by atoms with van der Waals surface area (Å²) in [5, 5.41) is 19.3. The van der Waals surface area contributed by atoms with Crippen LogP contribution < -0.4 is 0 Å². The number of carbonyl (C=O) groups excluding carboxylic acids is 1. The first-order valence-electron chi connectivity index (χ1n) is 10.4. The molecule has 0 radical (unpaired) electrons. The number of benzene rings is 1. The van der Waals surface area contributed by atoms with Crippen LogP contribution >= 0.6 is 0 Å². The number of hydrogen-bond acceptors (Lipinski definition) is 3. The molecule has 29 heavy (non-hydrogen) atoms. The van der Waals surface area contributed by atoms with Gasteiger partial charge in [0.1, 0.15) is 0 Å². The lowest BCUT2D eigenvalue weighted by molar-refractivity contribution is -0.128. The molecule has 1 aromatic rings. The Kier molecular flexibility index (Phi) is 8.95. The van der Waals surface area contributed by atoms with Crippen LogP contribution in [-0.4, -0.2) is 45.7 Å². The lowest BCUT2D eigenvalue weighted by Crippen LogP contribution is -2.34. The second-order valence-corrected chi connectivity index (χ2v) is 7.61. The zero-order valence-electron chi connectivity index (χ0n) is 17.3. The molecular weight excluding hydrogens is 366 g/mol. The van der Waals surface area contributed by atoms with Gasteiger partial charge in [-0.3, -0.25) is 4.79 Å². The average Bonchev–Trinajstić information content (AvgIpc) is 3.07. The Morgan fingerprint density at radius 1 is 1.31 bits per heavy atom. The van der Waals surface area contributed by atoms with Gasteiger partial charge in [-0.2, -0.15) is 0 Å². The standard InChI is InChI=1S/C24H31NO4/c1-3-4-5-6-7-18(2)22(26)14-12-21-13-15-23(27)25(21)17-16-19-8-10-20(11-9-19)24(28)29/h8-12,14,18,21-22,26H,3-4,7,13,15-17H2,1-2H3,(H,28,29)/b14-12+. The third-order valence-electron chi connectivity index (χ3n) is 5.25. The molecule has 1 heterocycles. The SMILES string of the molecule is CCCC#CCC(C)C(O)/C=C/C1CCC(=O)N1CCc1ccc(C(=O)O)cc1. The fourth-order valence-corrected chi connectivity index (χ4v) is 3.31. The van der Waals surface area contributed by atoms with Crippen LogP contribution in [0.5, 0.6) is 0 Å². The van der Waals surface area contributed by atoms with Crippen molar-refractivity contribution in [1.82, 2.24) is 4.90 Å². The fourth-order valence-electron chi connectivity index (χ4n) is 3.31. The van der Waals surface area contributed by atoms with Gasteiger partial charge in [0.15, 0.2) is 0 Å². The molecule has 1 aromatic carbocycles.